The first kappa shape index (κ1) is 108. The molecule has 0 spiro atoms. The van der Waals surface area contributed by atoms with E-state index in [4.69, 9.17) is 40.2 Å². The van der Waals surface area contributed by atoms with E-state index in [9.17, 15) is 0 Å². The van der Waals surface area contributed by atoms with Crippen LogP contribution in [0.3, 0.4) is 0 Å². The van der Waals surface area contributed by atoms with Gasteiger partial charge in [0.1, 0.15) is 0 Å². The Morgan fingerprint density at radius 1 is 0.247 bits per heavy atom. The summed E-state index contributed by atoms with van der Waals surface area (Å²) in [5.41, 5.74) is 13.5. The SMILES string of the molecule is C[PH+](C)c1ccccc1.C[PH+](C)c1ccccc1.C[PH+](C)c1ccccc1.C[PH+](C)c1ccccc1.C[PH+](C)c1ccccc1.C[PH+](C)c1ccccc1.Cc1nc2cc3ccccc3cc2nc1-c1[c-]c2ccc3cccc4ccc(c1)c2c34.Cc1nc2cc3ccccc3cc2nc1C1=Nc2cccc3cccc(c23)[N-]1.[Os+].[Os+].[Os+].[c-]1cc2ccc3cccc4ccc(c1-c1cnc5cc6ccccc6cc5n1)c2c34. The summed E-state index contributed by atoms with van der Waals surface area (Å²) in [6.07, 6.45) is 1.87. The molecule has 0 bridgehead atoms. The fourth-order valence-corrected chi connectivity index (χ4v) is 23.3. The molecular weight excluding hydrogens is 2420 g/mol. The van der Waals surface area contributed by atoms with Crippen molar-refractivity contribution in [1.82, 2.24) is 29.9 Å². The molecule has 0 atom stereocenters. The quantitative estimate of drug-likeness (QED) is 0.0617. The smallest absolute Gasteiger partial charge is 0.434 e. The Labute approximate surface area is 905 Å². The molecule has 0 fully saturated rings. The van der Waals surface area contributed by atoms with Gasteiger partial charge < -0.3 is 10.3 Å². The fraction of sp³-hybridized carbons (Fsp3) is 0.109. The zero-order chi connectivity index (χ0) is 99.0. The summed E-state index contributed by atoms with van der Waals surface area (Å²) >= 11 is 0. The van der Waals surface area contributed by atoms with E-state index in [2.05, 4.69) is 480 Å². The Morgan fingerprint density at radius 2 is 0.555 bits per heavy atom. The van der Waals surface area contributed by atoms with Crippen LogP contribution in [-0.4, -0.2) is 116 Å². The van der Waals surface area contributed by atoms with E-state index in [1.165, 1.54) is 113 Å². The summed E-state index contributed by atoms with van der Waals surface area (Å²) in [4.78, 5) is 34.2. The summed E-state index contributed by atoms with van der Waals surface area (Å²) in [6.45, 7) is 31.7. The van der Waals surface area contributed by atoms with Gasteiger partial charge in [-0.05, 0) is 216 Å². The molecule has 0 unspecified atom stereocenters. The molecule has 4 heterocycles. The van der Waals surface area contributed by atoms with Crippen molar-refractivity contribution in [2.45, 2.75) is 13.8 Å². The maximum Gasteiger partial charge on any atom is 1.00 e. The number of aromatic nitrogens is 6. The van der Waals surface area contributed by atoms with E-state index in [1.807, 2.05) is 56.4 Å². The summed E-state index contributed by atoms with van der Waals surface area (Å²) in [5.74, 6) is 0.617. The standard InChI is InChI=1S/C29H17N2.C28H15N2.C24H15N4.6C8H11P.3Os/c1-17-29(31-26-16-21-6-3-2-5-20(21)15-25(26)30-17)24-13-22-11-9-18-7-4-8-19-10-12-23(14-24)28(22)27(18)19;1-2-5-21-15-25-24(14-20(21)4-1)29-16-26(30-25)22-12-10-19-9-8-17-6-3-7-18-11-13-23(22)28(19)27(17)18;1-14-23(26-21-13-17-7-3-2-6-16(17)12-20(21)25-14)24-27-18-10-4-8-15-9-5-11-19(28-24)22(15)18;6*1-9(2)8-6-4-3-5-7-8;;;/h2-13,15-16H,1H3;1-11,13-16H;2-13H,1H3;6*3-7H,1-2H3;;;/q3*-1;;;;;;;3*+1/p+6. The van der Waals surface area contributed by atoms with Crippen molar-refractivity contribution >= 4 is 237 Å². The molecular formula is C129H119N8Os3P6+6. The third kappa shape index (κ3) is 26.0. The zero-order valence-electron chi connectivity index (χ0n) is 84.6. The van der Waals surface area contributed by atoms with Crippen LogP contribution in [-0.2, 0) is 59.4 Å². The molecule has 723 valence electrons. The number of hydrogen-bond acceptors (Lipinski definition) is 7. The first-order valence-corrected chi connectivity index (χ1v) is 63.8. The van der Waals surface area contributed by atoms with Gasteiger partial charge in [-0.1, -0.05) is 330 Å². The van der Waals surface area contributed by atoms with Crippen LogP contribution in [0.2, 0.25) is 0 Å². The molecule has 0 aliphatic carbocycles. The van der Waals surface area contributed by atoms with Crippen molar-refractivity contribution in [3.8, 4) is 22.5 Å². The van der Waals surface area contributed by atoms with Gasteiger partial charge in [0.15, 0.2) is 0 Å². The third-order valence-corrected chi connectivity index (χ3v) is 34.7. The summed E-state index contributed by atoms with van der Waals surface area (Å²) < 4.78 is 0. The topological polar surface area (TPSA) is 104 Å². The minimum atomic E-state index is -0.212. The number of aryl methyl sites for hydroxylation is 2. The van der Waals surface area contributed by atoms with Crippen LogP contribution >= 0.6 is 47.5 Å². The molecule has 0 saturated carbocycles. The third-order valence-electron chi connectivity index (χ3n) is 25.8. The van der Waals surface area contributed by atoms with Crippen molar-refractivity contribution in [3.63, 3.8) is 0 Å². The Balaban J connectivity index is 0.000000131. The van der Waals surface area contributed by atoms with Gasteiger partial charge in [0.2, 0.25) is 0 Å². The predicted molar refractivity (Wildman–Crippen MR) is 647 cm³/mol. The van der Waals surface area contributed by atoms with Crippen LogP contribution in [0.1, 0.15) is 17.1 Å². The van der Waals surface area contributed by atoms with E-state index < -0.39 is 0 Å². The Bertz CT molecular complexity index is 8320. The van der Waals surface area contributed by atoms with E-state index in [-0.39, 0.29) is 107 Å². The molecule has 0 saturated heterocycles. The van der Waals surface area contributed by atoms with Crippen LogP contribution in [0.25, 0.3) is 169 Å². The molecule has 0 N–H and O–H groups in total. The van der Waals surface area contributed by atoms with E-state index in [0.29, 0.717) is 5.84 Å². The number of amidine groups is 1. The van der Waals surface area contributed by atoms with Crippen molar-refractivity contribution in [3.05, 3.63) is 465 Å². The van der Waals surface area contributed by atoms with Gasteiger partial charge in [-0.3, -0.25) is 19.9 Å². The molecule has 1 aliphatic rings. The molecule has 0 amide bonds. The van der Waals surface area contributed by atoms with Gasteiger partial charge in [0, 0.05) is 70.8 Å². The maximum atomic E-state index is 5.04. The Morgan fingerprint density at radius 3 is 0.952 bits per heavy atom. The van der Waals surface area contributed by atoms with Crippen molar-refractivity contribution in [2.24, 2.45) is 4.99 Å². The minimum absolute atomic E-state index is 0. The van der Waals surface area contributed by atoms with Crippen molar-refractivity contribution in [1.29, 1.82) is 0 Å². The van der Waals surface area contributed by atoms with Crippen LogP contribution in [0.4, 0.5) is 11.4 Å². The van der Waals surface area contributed by atoms with Gasteiger partial charge in [-0.25, -0.2) is 9.97 Å². The molecule has 1 aliphatic heterocycles. The first-order chi connectivity index (χ1) is 69.7. The largest absolute Gasteiger partial charge is 1.00 e. The van der Waals surface area contributed by atoms with E-state index >= 15 is 0 Å². The number of fused-ring (bicyclic) bond motifs is 6. The van der Waals surface area contributed by atoms with Crippen LogP contribution in [0, 0.1) is 26.0 Å². The fourth-order valence-electron chi connectivity index (χ4n) is 18.1. The molecule has 8 nitrogen and oxygen atoms in total. The molecule has 3 radical (unpaired) electrons. The second kappa shape index (κ2) is 51.0. The number of rotatable bonds is 9. The second-order valence-electron chi connectivity index (χ2n) is 37.3. The number of hydrogen-bond donors (Lipinski definition) is 0. The summed E-state index contributed by atoms with van der Waals surface area (Å²) in [7, 11) is -1.27. The summed E-state index contributed by atoms with van der Waals surface area (Å²) in [6, 6.07) is 156. The predicted octanol–water partition coefficient (Wildman–Crippen LogP) is 31.7. The summed E-state index contributed by atoms with van der Waals surface area (Å²) in [5, 5.41) is 38.1. The molecule has 17 heteroatoms. The molecule has 26 rings (SSSR count). The van der Waals surface area contributed by atoms with Crippen LogP contribution in [0.5, 0.6) is 0 Å². The average molecular weight is 2540 g/mol. The zero-order valence-corrected chi connectivity index (χ0v) is 98.3. The Hall–Kier alpha value is -12.1. The molecule has 3 aromatic heterocycles. The first-order valence-electron chi connectivity index (χ1n) is 48.8. The number of aliphatic imine (C=N–C) groups is 1. The van der Waals surface area contributed by atoms with Crippen LogP contribution in [0.15, 0.2) is 436 Å². The molecule has 22 aromatic carbocycles. The van der Waals surface area contributed by atoms with Gasteiger partial charge in [0.05, 0.1) is 156 Å². The monoisotopic (exact) mass is 2540 g/mol. The molecule has 25 aromatic rings. The number of benzene rings is 22. The average Bonchev–Trinajstić information content (AvgIpc) is 0.798. The maximum absolute atomic E-state index is 5.04. The van der Waals surface area contributed by atoms with E-state index in [1.54, 1.807) is 0 Å². The second-order valence-corrected chi connectivity index (χ2v) is 52.8. The normalized spacial score (nSPS) is 11.2. The van der Waals surface area contributed by atoms with Gasteiger partial charge in [-0.15, -0.1) is 41.3 Å². The number of nitrogens with zero attached hydrogens (tertiary/aromatic N) is 8. The van der Waals surface area contributed by atoms with Crippen molar-refractivity contribution in [2.75, 3.05) is 80.0 Å². The van der Waals surface area contributed by atoms with Crippen molar-refractivity contribution < 1.29 is 59.4 Å². The van der Waals surface area contributed by atoms with E-state index in [0.717, 1.165) is 111 Å². The molecule has 146 heavy (non-hydrogen) atoms. The minimum Gasteiger partial charge on any atom is -0.434 e. The van der Waals surface area contributed by atoms with Crippen LogP contribution < -0.4 is 31.8 Å². The van der Waals surface area contributed by atoms with Gasteiger partial charge >= 0.3 is 59.4 Å². The van der Waals surface area contributed by atoms with Gasteiger partial charge in [-0.2, -0.15) is 0 Å². The van der Waals surface area contributed by atoms with Gasteiger partial charge in [0.25, 0.3) is 0 Å². The Kier molecular flexibility index (Phi) is 37.8.